The molecule has 120 valence electrons. The molecule has 0 saturated heterocycles. The summed E-state index contributed by atoms with van der Waals surface area (Å²) < 4.78 is 2.87. The van der Waals surface area contributed by atoms with E-state index < -0.39 is 17.4 Å². The molecule has 0 radical (unpaired) electrons. The first-order valence-electron chi connectivity index (χ1n) is 6.75. The number of rotatable bonds is 5. The molecule has 2 heterocycles. The number of halogens is 1. The van der Waals surface area contributed by atoms with Crippen LogP contribution in [0.15, 0.2) is 20.7 Å². The van der Waals surface area contributed by atoms with Gasteiger partial charge in [0.2, 0.25) is 5.95 Å². The fraction of sp³-hybridized carbons (Fsp3) is 0.462. The van der Waals surface area contributed by atoms with Crippen LogP contribution in [-0.4, -0.2) is 36.9 Å². The first-order valence-corrected chi connectivity index (χ1v) is 7.12. The van der Waals surface area contributed by atoms with Crippen molar-refractivity contribution in [2.24, 2.45) is 7.05 Å². The van der Waals surface area contributed by atoms with Crippen molar-refractivity contribution in [2.75, 3.05) is 11.9 Å². The molecular formula is C13H18ClN5O3. The van der Waals surface area contributed by atoms with Gasteiger partial charge in [0.15, 0.2) is 11.2 Å². The Morgan fingerprint density at radius 1 is 1.55 bits per heavy atom. The van der Waals surface area contributed by atoms with E-state index in [9.17, 15) is 14.7 Å². The Bertz CT molecular complexity index is 827. The summed E-state index contributed by atoms with van der Waals surface area (Å²) in [6.45, 7) is 3.93. The number of nitrogens with zero attached hydrogens (tertiary/aromatic N) is 3. The number of aliphatic hydroxyl groups excluding tert-OH is 1. The zero-order valence-electron chi connectivity index (χ0n) is 12.6. The summed E-state index contributed by atoms with van der Waals surface area (Å²) >= 11 is 5.85. The smallest absolute Gasteiger partial charge is 0.329 e. The molecule has 0 bridgehead atoms. The zero-order valence-corrected chi connectivity index (χ0v) is 13.3. The molecule has 8 nitrogen and oxygen atoms in total. The van der Waals surface area contributed by atoms with Gasteiger partial charge in [-0.25, -0.2) is 4.79 Å². The van der Waals surface area contributed by atoms with Crippen LogP contribution in [-0.2, 0) is 13.6 Å². The van der Waals surface area contributed by atoms with Gasteiger partial charge in [0.25, 0.3) is 5.56 Å². The molecule has 0 aliphatic heterocycles. The van der Waals surface area contributed by atoms with E-state index in [-0.39, 0.29) is 17.7 Å². The van der Waals surface area contributed by atoms with E-state index in [1.54, 1.807) is 24.5 Å². The van der Waals surface area contributed by atoms with Gasteiger partial charge < -0.3 is 15.0 Å². The Kier molecular flexibility index (Phi) is 4.72. The summed E-state index contributed by atoms with van der Waals surface area (Å²) in [5.41, 5.74) is -0.517. The van der Waals surface area contributed by atoms with Crippen molar-refractivity contribution < 1.29 is 5.11 Å². The van der Waals surface area contributed by atoms with Crippen molar-refractivity contribution in [2.45, 2.75) is 26.5 Å². The van der Waals surface area contributed by atoms with Gasteiger partial charge in [-0.05, 0) is 13.8 Å². The van der Waals surface area contributed by atoms with Crippen LogP contribution >= 0.6 is 11.6 Å². The lowest BCUT2D eigenvalue weighted by Gasteiger charge is -2.09. The number of fused-ring (bicyclic) bond motifs is 1. The molecule has 1 unspecified atom stereocenters. The van der Waals surface area contributed by atoms with E-state index in [4.69, 9.17) is 11.6 Å². The van der Waals surface area contributed by atoms with E-state index in [1.807, 2.05) is 0 Å². The molecule has 0 saturated carbocycles. The van der Waals surface area contributed by atoms with Crippen LogP contribution in [0.3, 0.4) is 0 Å². The number of allylic oxidation sites excluding steroid dienone is 2. The van der Waals surface area contributed by atoms with Gasteiger partial charge in [0, 0.05) is 25.2 Å². The fourth-order valence-electron chi connectivity index (χ4n) is 2.00. The maximum atomic E-state index is 12.1. The van der Waals surface area contributed by atoms with Crippen molar-refractivity contribution in [3.05, 3.63) is 31.9 Å². The van der Waals surface area contributed by atoms with Crippen LogP contribution in [0.5, 0.6) is 0 Å². The lowest BCUT2D eigenvalue weighted by atomic mass is 10.4. The molecule has 9 heteroatoms. The van der Waals surface area contributed by atoms with Crippen LogP contribution in [0.4, 0.5) is 5.95 Å². The largest absolute Gasteiger partial charge is 0.392 e. The van der Waals surface area contributed by atoms with Gasteiger partial charge in [-0.3, -0.25) is 14.3 Å². The van der Waals surface area contributed by atoms with Crippen LogP contribution in [0, 0.1) is 0 Å². The first-order chi connectivity index (χ1) is 10.3. The van der Waals surface area contributed by atoms with Gasteiger partial charge in [-0.1, -0.05) is 17.7 Å². The Morgan fingerprint density at radius 3 is 2.82 bits per heavy atom. The summed E-state index contributed by atoms with van der Waals surface area (Å²) in [5.74, 6) is 0.386. The number of aliphatic hydroxyl groups is 1. The Labute approximate surface area is 131 Å². The van der Waals surface area contributed by atoms with Crippen LogP contribution in [0.1, 0.15) is 13.8 Å². The maximum absolute atomic E-state index is 12.1. The second kappa shape index (κ2) is 6.37. The number of nitrogens with one attached hydrogen (secondary N) is 2. The molecule has 2 rings (SSSR count). The minimum Gasteiger partial charge on any atom is -0.392 e. The second-order valence-corrected chi connectivity index (χ2v) is 5.65. The summed E-state index contributed by atoms with van der Waals surface area (Å²) in [7, 11) is 1.53. The lowest BCUT2D eigenvalue weighted by molar-refractivity contribution is 0.208. The van der Waals surface area contributed by atoms with E-state index in [0.717, 1.165) is 0 Å². The van der Waals surface area contributed by atoms with Gasteiger partial charge in [-0.15, -0.1) is 0 Å². The number of imidazole rings is 1. The van der Waals surface area contributed by atoms with Crippen molar-refractivity contribution in [1.82, 2.24) is 19.1 Å². The summed E-state index contributed by atoms with van der Waals surface area (Å²) in [4.78, 5) is 30.3. The number of aryl methyl sites for hydroxylation is 1. The maximum Gasteiger partial charge on any atom is 0.329 e. The highest BCUT2D eigenvalue weighted by molar-refractivity contribution is 6.29. The number of hydrogen-bond acceptors (Lipinski definition) is 5. The van der Waals surface area contributed by atoms with E-state index >= 15 is 0 Å². The third-order valence-electron chi connectivity index (χ3n) is 3.12. The summed E-state index contributed by atoms with van der Waals surface area (Å²) in [5, 5.41) is 12.9. The number of hydrogen-bond donors (Lipinski definition) is 3. The third kappa shape index (κ3) is 3.23. The third-order valence-corrected chi connectivity index (χ3v) is 3.27. The van der Waals surface area contributed by atoms with E-state index in [1.165, 1.54) is 11.6 Å². The monoisotopic (exact) mass is 327 g/mol. The standard InChI is InChI=1S/C13H18ClN5O3/c1-7(14)4-5-19-9-10(16-12(19)15-6-8(2)20)18(3)13(22)17-11(9)21/h4,8,20H,5-6H2,1-3H3,(H,15,16)(H,17,21,22). The average Bonchev–Trinajstić information content (AvgIpc) is 2.79. The molecule has 0 aromatic carbocycles. The molecule has 0 aliphatic rings. The molecule has 2 aromatic heterocycles. The Balaban J connectivity index is 2.66. The number of aromatic amines is 1. The molecule has 1 atom stereocenters. The Hall–Kier alpha value is -2.06. The molecule has 0 spiro atoms. The van der Waals surface area contributed by atoms with Gasteiger partial charge in [-0.2, -0.15) is 4.98 Å². The molecule has 22 heavy (non-hydrogen) atoms. The molecule has 0 fully saturated rings. The number of H-pyrrole nitrogens is 1. The van der Waals surface area contributed by atoms with Gasteiger partial charge >= 0.3 is 5.69 Å². The zero-order chi connectivity index (χ0) is 16.4. The second-order valence-electron chi connectivity index (χ2n) is 5.06. The quantitative estimate of drug-likeness (QED) is 0.735. The first kappa shape index (κ1) is 16.3. The minimum atomic E-state index is -0.583. The summed E-state index contributed by atoms with van der Waals surface area (Å²) in [6.07, 6.45) is 1.14. The van der Waals surface area contributed by atoms with Crippen molar-refractivity contribution in [3.63, 3.8) is 0 Å². The van der Waals surface area contributed by atoms with Crippen LogP contribution < -0.4 is 16.6 Å². The van der Waals surface area contributed by atoms with Gasteiger partial charge in [0.05, 0.1) is 6.10 Å². The van der Waals surface area contributed by atoms with Gasteiger partial charge in [0.1, 0.15) is 0 Å². The normalized spacial score (nSPS) is 13.6. The lowest BCUT2D eigenvalue weighted by Crippen LogP contribution is -2.29. The Morgan fingerprint density at radius 2 is 2.23 bits per heavy atom. The molecule has 3 N–H and O–H groups in total. The van der Waals surface area contributed by atoms with Crippen LogP contribution in [0.2, 0.25) is 0 Å². The minimum absolute atomic E-state index is 0.263. The van der Waals surface area contributed by atoms with E-state index in [0.29, 0.717) is 17.5 Å². The summed E-state index contributed by atoms with van der Waals surface area (Å²) in [6, 6.07) is 0. The van der Waals surface area contributed by atoms with Crippen LogP contribution in [0.25, 0.3) is 11.2 Å². The highest BCUT2D eigenvalue weighted by Crippen LogP contribution is 2.16. The predicted molar refractivity (Wildman–Crippen MR) is 85.4 cm³/mol. The average molecular weight is 328 g/mol. The van der Waals surface area contributed by atoms with Crippen molar-refractivity contribution >= 4 is 28.7 Å². The predicted octanol–water partition coefficient (Wildman–Crippen LogP) is 0.359. The fourth-order valence-corrected chi connectivity index (χ4v) is 2.07. The molecule has 0 amide bonds. The van der Waals surface area contributed by atoms with E-state index in [2.05, 4.69) is 15.3 Å². The van der Waals surface area contributed by atoms with Crippen molar-refractivity contribution in [1.29, 1.82) is 0 Å². The highest BCUT2D eigenvalue weighted by atomic mass is 35.5. The SMILES string of the molecule is CC(Cl)=CCn1c(NCC(C)O)nc2c1c(=O)[nH]c(=O)n2C. The topological polar surface area (TPSA) is 105 Å². The molecule has 0 aliphatic carbocycles. The van der Waals surface area contributed by atoms with Crippen molar-refractivity contribution in [3.8, 4) is 0 Å². The molecule has 2 aromatic rings. The highest BCUT2D eigenvalue weighted by Gasteiger charge is 2.16. The number of anilines is 1. The molecular weight excluding hydrogens is 310 g/mol. The number of aromatic nitrogens is 4.